The topological polar surface area (TPSA) is 128 Å². The molecule has 9 nitrogen and oxygen atoms in total. The number of nitrogens with one attached hydrogen (secondary N) is 2. The molecule has 2 aromatic heterocycles. The van der Waals surface area contributed by atoms with Crippen LogP contribution in [-0.4, -0.2) is 39.7 Å². The number of para-hydroxylation sites is 1. The number of H-pyrrole nitrogens is 1. The van der Waals surface area contributed by atoms with E-state index < -0.39 is 17.3 Å². The molecule has 182 valence electrons. The molecule has 0 saturated heterocycles. The van der Waals surface area contributed by atoms with Crippen molar-refractivity contribution in [3.63, 3.8) is 0 Å². The van der Waals surface area contributed by atoms with Gasteiger partial charge in [0.05, 0.1) is 23.4 Å². The summed E-state index contributed by atoms with van der Waals surface area (Å²) in [6.07, 6.45) is -4.45. The molecular formula is C23H21F3N6O3. The Morgan fingerprint density at radius 1 is 1.11 bits per heavy atom. The van der Waals surface area contributed by atoms with E-state index in [-0.39, 0.29) is 29.4 Å². The second-order valence-electron chi connectivity index (χ2n) is 7.70. The Bertz CT molecular complexity index is 1410. The zero-order valence-electron chi connectivity index (χ0n) is 18.7. The van der Waals surface area contributed by atoms with E-state index in [1.165, 1.54) is 18.2 Å². The van der Waals surface area contributed by atoms with Crippen molar-refractivity contribution in [3.8, 4) is 22.9 Å². The number of benzene rings is 2. The van der Waals surface area contributed by atoms with E-state index in [9.17, 15) is 18.0 Å². The first kappa shape index (κ1) is 24.0. The van der Waals surface area contributed by atoms with Crippen molar-refractivity contribution in [1.29, 1.82) is 0 Å². The predicted molar refractivity (Wildman–Crippen MR) is 124 cm³/mol. The largest absolute Gasteiger partial charge is 0.436 e. The van der Waals surface area contributed by atoms with E-state index in [1.807, 2.05) is 6.92 Å². The Morgan fingerprint density at radius 2 is 1.86 bits per heavy atom. The Morgan fingerprint density at radius 3 is 2.54 bits per heavy atom. The fourth-order valence-electron chi connectivity index (χ4n) is 3.32. The van der Waals surface area contributed by atoms with E-state index in [4.69, 9.17) is 15.2 Å². The number of methoxy groups -OCH3 is 1. The number of nitrogens with two attached hydrogens (primary N) is 1. The Labute approximate surface area is 197 Å². The number of ether oxygens (including phenoxy) is 2. The second kappa shape index (κ2) is 9.58. The molecule has 1 atom stereocenters. The van der Waals surface area contributed by atoms with Crippen LogP contribution in [0.5, 0.6) is 11.6 Å². The Hall–Kier alpha value is -4.19. The normalized spacial score (nSPS) is 12.5. The maximum atomic E-state index is 13.0. The monoisotopic (exact) mass is 486 g/mol. The molecular weight excluding hydrogens is 465 g/mol. The van der Waals surface area contributed by atoms with Crippen LogP contribution < -0.4 is 21.3 Å². The Balaban J connectivity index is 1.76. The number of nitrogens with zero attached hydrogens (tertiary/aromatic N) is 3. The van der Waals surface area contributed by atoms with Gasteiger partial charge in [-0.2, -0.15) is 18.2 Å². The van der Waals surface area contributed by atoms with E-state index in [1.54, 1.807) is 25.3 Å². The van der Waals surface area contributed by atoms with Gasteiger partial charge in [-0.1, -0.05) is 18.2 Å². The molecule has 4 rings (SSSR count). The number of aromatic amines is 1. The van der Waals surface area contributed by atoms with Crippen LogP contribution in [0, 0.1) is 0 Å². The first-order valence-corrected chi connectivity index (χ1v) is 10.4. The minimum atomic E-state index is -4.45. The van der Waals surface area contributed by atoms with Gasteiger partial charge >= 0.3 is 6.18 Å². The van der Waals surface area contributed by atoms with Crippen LogP contribution in [0.3, 0.4) is 0 Å². The third-order valence-corrected chi connectivity index (χ3v) is 4.93. The van der Waals surface area contributed by atoms with Crippen molar-refractivity contribution in [2.24, 2.45) is 0 Å². The van der Waals surface area contributed by atoms with E-state index in [2.05, 4.69) is 25.3 Å². The van der Waals surface area contributed by atoms with Gasteiger partial charge < -0.3 is 25.5 Å². The fourth-order valence-corrected chi connectivity index (χ4v) is 3.32. The highest BCUT2D eigenvalue weighted by molar-refractivity contribution is 5.82. The molecule has 35 heavy (non-hydrogen) atoms. The molecule has 4 aromatic rings. The van der Waals surface area contributed by atoms with E-state index in [0.717, 1.165) is 12.1 Å². The minimum Gasteiger partial charge on any atom is -0.436 e. The third kappa shape index (κ3) is 5.49. The highest BCUT2D eigenvalue weighted by atomic mass is 19.4. The number of rotatable bonds is 7. The first-order chi connectivity index (χ1) is 16.6. The standard InChI is InChI=1S/C23H21F3N6O3/c1-12(11-34-2)28-22-30-16(13-6-8-14(9-7-13)23(24,25)26)10-18(31-22)35-17-5-3-4-15-19(17)32-20(27)21(33)29-15/h3-10,12H,11H2,1-2H3,(H2,27,32)(H,29,33)(H,28,30,31). The zero-order chi connectivity index (χ0) is 25.2. The molecule has 0 bridgehead atoms. The first-order valence-electron chi connectivity index (χ1n) is 10.4. The van der Waals surface area contributed by atoms with Crippen molar-refractivity contribution in [3.05, 3.63) is 64.4 Å². The molecule has 0 aliphatic heterocycles. The SMILES string of the molecule is COCC(C)Nc1nc(Oc2cccc3[nH]c(=O)c(N)nc23)cc(-c2ccc(C(F)(F)F)cc2)n1. The van der Waals surface area contributed by atoms with Gasteiger partial charge in [-0.3, -0.25) is 4.79 Å². The zero-order valence-corrected chi connectivity index (χ0v) is 18.7. The van der Waals surface area contributed by atoms with Crippen molar-refractivity contribution in [2.75, 3.05) is 24.8 Å². The summed E-state index contributed by atoms with van der Waals surface area (Å²) in [4.78, 5) is 27.3. The summed E-state index contributed by atoms with van der Waals surface area (Å²) >= 11 is 0. The van der Waals surface area contributed by atoms with Crippen molar-refractivity contribution in [2.45, 2.75) is 19.1 Å². The number of nitrogen functional groups attached to an aromatic ring is 1. The van der Waals surface area contributed by atoms with Crippen LogP contribution in [0.1, 0.15) is 12.5 Å². The van der Waals surface area contributed by atoms with E-state index >= 15 is 0 Å². The minimum absolute atomic E-state index is 0.0982. The van der Waals surface area contributed by atoms with Gasteiger partial charge in [-0.25, -0.2) is 9.97 Å². The van der Waals surface area contributed by atoms with Crippen LogP contribution in [-0.2, 0) is 10.9 Å². The lowest BCUT2D eigenvalue weighted by Crippen LogP contribution is -2.22. The quantitative estimate of drug-likeness (QED) is 0.354. The summed E-state index contributed by atoms with van der Waals surface area (Å²) in [7, 11) is 1.55. The number of halogens is 3. The molecule has 2 heterocycles. The predicted octanol–water partition coefficient (Wildman–Crippen LogP) is 4.22. The molecule has 0 fully saturated rings. The van der Waals surface area contributed by atoms with Gasteiger partial charge in [-0.05, 0) is 31.2 Å². The molecule has 0 saturated carbocycles. The van der Waals surface area contributed by atoms with Gasteiger partial charge in [0.15, 0.2) is 11.6 Å². The lowest BCUT2D eigenvalue weighted by Gasteiger charge is -2.15. The molecule has 0 spiro atoms. The molecule has 0 radical (unpaired) electrons. The number of alkyl halides is 3. The smallest absolute Gasteiger partial charge is 0.416 e. The average molecular weight is 486 g/mol. The van der Waals surface area contributed by atoms with Crippen LogP contribution in [0.15, 0.2) is 53.3 Å². The van der Waals surface area contributed by atoms with Gasteiger partial charge in [-0.15, -0.1) is 0 Å². The number of hydrogen-bond donors (Lipinski definition) is 3. The fraction of sp³-hybridized carbons (Fsp3) is 0.217. The van der Waals surface area contributed by atoms with Gasteiger partial charge in [0.25, 0.3) is 5.56 Å². The Kier molecular flexibility index (Phi) is 6.56. The lowest BCUT2D eigenvalue weighted by molar-refractivity contribution is -0.137. The van der Waals surface area contributed by atoms with Gasteiger partial charge in [0.1, 0.15) is 5.52 Å². The highest BCUT2D eigenvalue weighted by Gasteiger charge is 2.30. The highest BCUT2D eigenvalue weighted by Crippen LogP contribution is 2.33. The third-order valence-electron chi connectivity index (χ3n) is 4.93. The average Bonchev–Trinajstić information content (AvgIpc) is 2.80. The molecule has 12 heteroatoms. The second-order valence-corrected chi connectivity index (χ2v) is 7.70. The maximum Gasteiger partial charge on any atom is 0.416 e. The van der Waals surface area contributed by atoms with Crippen molar-refractivity contribution >= 4 is 22.8 Å². The van der Waals surface area contributed by atoms with Gasteiger partial charge in [0.2, 0.25) is 11.8 Å². The van der Waals surface area contributed by atoms with Crippen LogP contribution in [0.4, 0.5) is 24.9 Å². The van der Waals surface area contributed by atoms with Crippen molar-refractivity contribution in [1.82, 2.24) is 19.9 Å². The van der Waals surface area contributed by atoms with Gasteiger partial charge in [0, 0.05) is 24.8 Å². The molecule has 0 aliphatic carbocycles. The number of hydrogen-bond acceptors (Lipinski definition) is 8. The number of fused-ring (bicyclic) bond motifs is 1. The summed E-state index contributed by atoms with van der Waals surface area (Å²) in [5.41, 5.74) is 5.84. The molecule has 1 unspecified atom stereocenters. The number of anilines is 2. The van der Waals surface area contributed by atoms with Crippen LogP contribution >= 0.6 is 0 Å². The molecule has 0 amide bonds. The number of aromatic nitrogens is 4. The summed E-state index contributed by atoms with van der Waals surface area (Å²) in [6.45, 7) is 2.22. The van der Waals surface area contributed by atoms with Crippen LogP contribution in [0.25, 0.3) is 22.3 Å². The summed E-state index contributed by atoms with van der Waals surface area (Å²) in [5, 5.41) is 3.08. The summed E-state index contributed by atoms with van der Waals surface area (Å²) in [6, 6.07) is 10.8. The van der Waals surface area contributed by atoms with Crippen molar-refractivity contribution < 1.29 is 22.6 Å². The summed E-state index contributed by atoms with van der Waals surface area (Å²) in [5.74, 6) is 0.319. The molecule has 4 N–H and O–H groups in total. The van der Waals surface area contributed by atoms with E-state index in [0.29, 0.717) is 28.9 Å². The molecule has 0 aliphatic rings. The van der Waals surface area contributed by atoms with Crippen LogP contribution in [0.2, 0.25) is 0 Å². The maximum absolute atomic E-state index is 13.0. The summed E-state index contributed by atoms with van der Waals surface area (Å²) < 4.78 is 50.0. The molecule has 2 aromatic carbocycles. The lowest BCUT2D eigenvalue weighted by atomic mass is 10.1.